The molecular weight excluding hydrogens is 409 g/mol. The van der Waals surface area contributed by atoms with Crippen LogP contribution in [0.15, 0.2) is 42.5 Å². The monoisotopic (exact) mass is 435 g/mol. The molecule has 0 aromatic heterocycles. The molecule has 1 amide bonds. The van der Waals surface area contributed by atoms with Crippen LogP contribution in [0, 0.1) is 0 Å². The topological polar surface area (TPSA) is 44.8 Å². The van der Waals surface area contributed by atoms with Gasteiger partial charge in [0.05, 0.1) is 22.3 Å². The average Bonchev–Trinajstić information content (AvgIpc) is 2.72. The van der Waals surface area contributed by atoms with Gasteiger partial charge in [-0.1, -0.05) is 41.4 Å². The molecule has 0 bridgehead atoms. The van der Waals surface area contributed by atoms with Crippen molar-refractivity contribution in [1.29, 1.82) is 0 Å². The highest BCUT2D eigenvalue weighted by Crippen LogP contribution is 2.29. The van der Waals surface area contributed by atoms with Crippen LogP contribution in [0.25, 0.3) is 0 Å². The quantitative estimate of drug-likeness (QED) is 0.660. The van der Waals surface area contributed by atoms with Crippen molar-refractivity contribution in [3.63, 3.8) is 0 Å². The zero-order chi connectivity index (χ0) is 20.6. The molecule has 3 rings (SSSR count). The third-order valence-corrected chi connectivity index (χ3v) is 5.62. The summed E-state index contributed by atoms with van der Waals surface area (Å²) in [5.41, 5.74) is 1.78. The van der Waals surface area contributed by atoms with E-state index in [1.807, 2.05) is 19.1 Å². The molecule has 1 saturated heterocycles. The van der Waals surface area contributed by atoms with Gasteiger partial charge in [-0.15, -0.1) is 0 Å². The van der Waals surface area contributed by atoms with Crippen LogP contribution in [0.4, 0.5) is 5.69 Å². The van der Waals surface area contributed by atoms with E-state index in [9.17, 15) is 4.79 Å². The second-order valence-corrected chi connectivity index (χ2v) is 7.90. The minimum atomic E-state index is -0.0724. The summed E-state index contributed by atoms with van der Waals surface area (Å²) in [6.07, 6.45) is 0.417. The van der Waals surface area contributed by atoms with Crippen molar-refractivity contribution in [3.8, 4) is 5.75 Å². The summed E-state index contributed by atoms with van der Waals surface area (Å²) in [5, 5.41) is 3.73. The molecule has 0 radical (unpaired) electrons. The molecule has 0 unspecified atom stereocenters. The molecule has 0 atom stereocenters. The van der Waals surface area contributed by atoms with Crippen molar-refractivity contribution < 1.29 is 9.53 Å². The summed E-state index contributed by atoms with van der Waals surface area (Å²) < 4.78 is 5.49. The maximum Gasteiger partial charge on any atom is 0.225 e. The van der Waals surface area contributed by atoms with Crippen LogP contribution in [-0.4, -0.2) is 55.0 Å². The number of carbonyl (C=O) groups is 1. The van der Waals surface area contributed by atoms with Crippen molar-refractivity contribution in [3.05, 3.63) is 58.1 Å². The molecule has 1 heterocycles. The summed E-state index contributed by atoms with van der Waals surface area (Å²) in [7, 11) is 0. The van der Waals surface area contributed by atoms with E-state index in [1.54, 1.807) is 18.2 Å². The number of rotatable bonds is 8. The Kier molecular flexibility index (Phi) is 8.19. The van der Waals surface area contributed by atoms with Gasteiger partial charge in [0.15, 0.2) is 0 Å². The van der Waals surface area contributed by atoms with Crippen LogP contribution in [0.3, 0.4) is 0 Å². The van der Waals surface area contributed by atoms with Gasteiger partial charge in [-0.05, 0) is 36.8 Å². The average molecular weight is 436 g/mol. The highest BCUT2D eigenvalue weighted by molar-refractivity contribution is 6.39. The fourth-order valence-electron chi connectivity index (χ4n) is 3.37. The van der Waals surface area contributed by atoms with E-state index >= 15 is 0 Å². The van der Waals surface area contributed by atoms with E-state index in [4.69, 9.17) is 27.9 Å². The fraction of sp³-hybridized carbons (Fsp3) is 0.409. The molecule has 2 aromatic carbocycles. The van der Waals surface area contributed by atoms with Crippen LogP contribution in [0.1, 0.15) is 18.9 Å². The normalized spacial score (nSPS) is 15.3. The number of benzene rings is 2. The third-order valence-electron chi connectivity index (χ3n) is 4.99. The number of hydrogen-bond donors (Lipinski definition) is 1. The number of halogens is 2. The highest BCUT2D eigenvalue weighted by atomic mass is 35.5. The minimum absolute atomic E-state index is 0.0724. The van der Waals surface area contributed by atoms with Crippen molar-refractivity contribution >= 4 is 34.8 Å². The maximum atomic E-state index is 12.3. The molecule has 0 aliphatic carbocycles. The van der Waals surface area contributed by atoms with Gasteiger partial charge < -0.3 is 15.0 Å². The minimum Gasteiger partial charge on any atom is -0.494 e. The van der Waals surface area contributed by atoms with E-state index in [1.165, 1.54) is 5.56 Å². The molecule has 1 fully saturated rings. The standard InChI is InChI=1S/C22H27Cl2N3O2/c1-2-29-18-8-6-17(7-9-18)16-27-14-12-26(13-15-27)11-10-21(28)25-22-19(23)4-3-5-20(22)24/h3-9H,2,10-16H2,1H3,(H,25,28). The van der Waals surface area contributed by atoms with Crippen LogP contribution in [0.2, 0.25) is 10.0 Å². The number of nitrogens with one attached hydrogen (secondary N) is 1. The van der Waals surface area contributed by atoms with Crippen molar-refractivity contribution in [2.75, 3.05) is 44.6 Å². The van der Waals surface area contributed by atoms with Gasteiger partial charge in [0.2, 0.25) is 5.91 Å². The largest absolute Gasteiger partial charge is 0.494 e. The molecule has 0 saturated carbocycles. The van der Waals surface area contributed by atoms with Crippen molar-refractivity contribution in [2.45, 2.75) is 19.9 Å². The number of para-hydroxylation sites is 1. The molecule has 1 aliphatic heterocycles. The number of piperazine rings is 1. The Morgan fingerprint density at radius 1 is 1.00 bits per heavy atom. The summed E-state index contributed by atoms with van der Waals surface area (Å²) >= 11 is 12.2. The second kappa shape index (κ2) is 10.8. The van der Waals surface area contributed by atoms with Crippen LogP contribution < -0.4 is 10.1 Å². The van der Waals surface area contributed by atoms with Crippen molar-refractivity contribution in [2.24, 2.45) is 0 Å². The smallest absolute Gasteiger partial charge is 0.225 e. The first-order valence-electron chi connectivity index (χ1n) is 9.95. The summed E-state index contributed by atoms with van der Waals surface area (Å²) in [6, 6.07) is 13.5. The molecule has 1 N–H and O–H groups in total. The molecule has 5 nitrogen and oxygen atoms in total. The van der Waals surface area contributed by atoms with E-state index in [-0.39, 0.29) is 5.91 Å². The predicted octanol–water partition coefficient (Wildman–Crippen LogP) is 4.54. The maximum absolute atomic E-state index is 12.3. The van der Waals surface area contributed by atoms with Gasteiger partial charge in [0, 0.05) is 45.7 Å². The lowest BCUT2D eigenvalue weighted by molar-refractivity contribution is -0.116. The molecule has 29 heavy (non-hydrogen) atoms. The van der Waals surface area contributed by atoms with Crippen LogP contribution in [0.5, 0.6) is 5.75 Å². The SMILES string of the molecule is CCOc1ccc(CN2CCN(CCC(=O)Nc3c(Cl)cccc3Cl)CC2)cc1. The Hall–Kier alpha value is -1.79. The molecular formula is C22H27Cl2N3O2. The van der Waals surface area contributed by atoms with Gasteiger partial charge >= 0.3 is 0 Å². The molecule has 2 aromatic rings. The number of nitrogens with zero attached hydrogens (tertiary/aromatic N) is 2. The highest BCUT2D eigenvalue weighted by Gasteiger charge is 2.18. The molecule has 1 aliphatic rings. The third kappa shape index (κ3) is 6.61. The zero-order valence-corrected chi connectivity index (χ0v) is 18.2. The number of ether oxygens (including phenoxy) is 1. The van der Waals surface area contributed by atoms with Crippen LogP contribution >= 0.6 is 23.2 Å². The number of hydrogen-bond acceptors (Lipinski definition) is 4. The van der Waals surface area contributed by atoms with Crippen LogP contribution in [-0.2, 0) is 11.3 Å². The summed E-state index contributed by atoms with van der Waals surface area (Å²) in [6.45, 7) is 8.23. The van der Waals surface area contributed by atoms with E-state index in [2.05, 4.69) is 27.2 Å². The van der Waals surface area contributed by atoms with Gasteiger partial charge in [-0.2, -0.15) is 0 Å². The number of amides is 1. The molecule has 7 heteroatoms. The lowest BCUT2D eigenvalue weighted by Crippen LogP contribution is -2.46. The Balaban J connectivity index is 1.39. The Morgan fingerprint density at radius 2 is 1.62 bits per heavy atom. The van der Waals surface area contributed by atoms with E-state index in [0.29, 0.717) is 28.8 Å². The fourth-order valence-corrected chi connectivity index (χ4v) is 3.86. The first kappa shape index (κ1) is 21.9. The lowest BCUT2D eigenvalue weighted by Gasteiger charge is -2.34. The van der Waals surface area contributed by atoms with Gasteiger partial charge in [0.25, 0.3) is 0 Å². The van der Waals surface area contributed by atoms with Gasteiger partial charge in [-0.3, -0.25) is 9.69 Å². The molecule has 156 valence electrons. The zero-order valence-electron chi connectivity index (χ0n) is 16.7. The summed E-state index contributed by atoms with van der Waals surface area (Å²) in [4.78, 5) is 17.0. The van der Waals surface area contributed by atoms with E-state index in [0.717, 1.165) is 45.0 Å². The first-order chi connectivity index (χ1) is 14.0. The lowest BCUT2D eigenvalue weighted by atomic mass is 10.2. The summed E-state index contributed by atoms with van der Waals surface area (Å²) in [5.74, 6) is 0.842. The number of anilines is 1. The Bertz CT molecular complexity index is 786. The molecule has 0 spiro atoms. The van der Waals surface area contributed by atoms with Gasteiger partial charge in [0.1, 0.15) is 5.75 Å². The van der Waals surface area contributed by atoms with E-state index < -0.39 is 0 Å². The Morgan fingerprint density at radius 3 is 2.24 bits per heavy atom. The predicted molar refractivity (Wildman–Crippen MR) is 119 cm³/mol. The van der Waals surface area contributed by atoms with Gasteiger partial charge in [-0.25, -0.2) is 0 Å². The van der Waals surface area contributed by atoms with Crippen molar-refractivity contribution in [1.82, 2.24) is 9.80 Å². The number of carbonyl (C=O) groups excluding carboxylic acids is 1. The first-order valence-corrected chi connectivity index (χ1v) is 10.7. The second-order valence-electron chi connectivity index (χ2n) is 7.09. The Labute approximate surface area is 182 Å².